The molecule has 0 aromatic carbocycles. The van der Waals surface area contributed by atoms with Crippen molar-refractivity contribution in [3.63, 3.8) is 0 Å². The van der Waals surface area contributed by atoms with Crippen LogP contribution in [0.15, 0.2) is 18.3 Å². The fourth-order valence-corrected chi connectivity index (χ4v) is 1.09. The predicted octanol–water partition coefficient (Wildman–Crippen LogP) is -0.420. The standard InChI is InChI=1S/C9H12N2O4/c12-5-3-7(9(14)15)11-8(13)6-2-1-4-10-6/h1-2,4,7,10,12H,3,5H2,(H,11,13)(H,14,15)/t7-/m0/s1. The van der Waals surface area contributed by atoms with Gasteiger partial charge in [-0.3, -0.25) is 4.79 Å². The van der Waals surface area contributed by atoms with Gasteiger partial charge < -0.3 is 20.5 Å². The highest BCUT2D eigenvalue weighted by molar-refractivity contribution is 5.94. The van der Waals surface area contributed by atoms with Crippen LogP contribution in [0.3, 0.4) is 0 Å². The highest BCUT2D eigenvalue weighted by Crippen LogP contribution is 1.97. The summed E-state index contributed by atoms with van der Waals surface area (Å²) in [6.07, 6.45) is 1.55. The van der Waals surface area contributed by atoms with E-state index in [0.717, 1.165) is 0 Å². The molecule has 1 rings (SSSR count). The van der Waals surface area contributed by atoms with Crippen LogP contribution in [0.2, 0.25) is 0 Å². The average molecular weight is 212 g/mol. The normalized spacial score (nSPS) is 12.1. The summed E-state index contributed by atoms with van der Waals surface area (Å²) in [6.45, 7) is -0.290. The maximum atomic E-state index is 11.4. The van der Waals surface area contributed by atoms with Crippen molar-refractivity contribution in [3.05, 3.63) is 24.0 Å². The van der Waals surface area contributed by atoms with Crippen molar-refractivity contribution in [1.82, 2.24) is 10.3 Å². The molecule has 1 atom stereocenters. The first-order valence-corrected chi connectivity index (χ1v) is 4.43. The number of aliphatic carboxylic acids is 1. The van der Waals surface area contributed by atoms with Crippen LogP contribution < -0.4 is 5.32 Å². The van der Waals surface area contributed by atoms with E-state index in [1.807, 2.05) is 0 Å². The number of carboxylic acids is 1. The molecule has 0 radical (unpaired) electrons. The summed E-state index contributed by atoms with van der Waals surface area (Å²) in [5.74, 6) is -1.66. The van der Waals surface area contributed by atoms with E-state index in [-0.39, 0.29) is 13.0 Å². The van der Waals surface area contributed by atoms with Crippen LogP contribution >= 0.6 is 0 Å². The third kappa shape index (κ3) is 3.10. The Hall–Kier alpha value is -1.82. The molecule has 0 unspecified atom stereocenters. The second kappa shape index (κ2) is 5.16. The first kappa shape index (κ1) is 11.3. The number of hydrogen-bond donors (Lipinski definition) is 4. The van der Waals surface area contributed by atoms with Gasteiger partial charge in [0.15, 0.2) is 0 Å². The van der Waals surface area contributed by atoms with Gasteiger partial charge in [0, 0.05) is 19.2 Å². The molecular formula is C9H12N2O4. The summed E-state index contributed by atoms with van der Waals surface area (Å²) in [6, 6.07) is 2.11. The Balaban J connectivity index is 2.59. The van der Waals surface area contributed by atoms with Crippen molar-refractivity contribution in [3.8, 4) is 0 Å². The second-order valence-corrected chi connectivity index (χ2v) is 2.96. The smallest absolute Gasteiger partial charge is 0.326 e. The van der Waals surface area contributed by atoms with Crippen LogP contribution in [-0.2, 0) is 4.79 Å². The van der Waals surface area contributed by atoms with E-state index >= 15 is 0 Å². The molecule has 0 bridgehead atoms. The van der Waals surface area contributed by atoms with Crippen molar-refractivity contribution in [2.75, 3.05) is 6.61 Å². The van der Waals surface area contributed by atoms with Crippen LogP contribution in [0.1, 0.15) is 16.9 Å². The number of carbonyl (C=O) groups excluding carboxylic acids is 1. The Kier molecular flexibility index (Phi) is 3.87. The van der Waals surface area contributed by atoms with Gasteiger partial charge >= 0.3 is 5.97 Å². The van der Waals surface area contributed by atoms with Crippen LogP contribution in [0.5, 0.6) is 0 Å². The number of carbonyl (C=O) groups is 2. The lowest BCUT2D eigenvalue weighted by Gasteiger charge is -2.12. The number of aliphatic hydroxyl groups is 1. The molecule has 6 heteroatoms. The molecule has 0 saturated heterocycles. The number of aromatic nitrogens is 1. The maximum Gasteiger partial charge on any atom is 0.326 e. The van der Waals surface area contributed by atoms with Crippen molar-refractivity contribution >= 4 is 11.9 Å². The van der Waals surface area contributed by atoms with Gasteiger partial charge in [-0.05, 0) is 12.1 Å². The first-order chi connectivity index (χ1) is 7.15. The molecule has 0 spiro atoms. The summed E-state index contributed by atoms with van der Waals surface area (Å²) in [5, 5.41) is 19.6. The number of aliphatic hydroxyl groups excluding tert-OH is 1. The van der Waals surface area contributed by atoms with Crippen LogP contribution in [-0.4, -0.2) is 39.7 Å². The van der Waals surface area contributed by atoms with Crippen LogP contribution in [0.4, 0.5) is 0 Å². The minimum atomic E-state index is -1.16. The van der Waals surface area contributed by atoms with Crippen LogP contribution in [0.25, 0.3) is 0 Å². The van der Waals surface area contributed by atoms with Gasteiger partial charge in [-0.2, -0.15) is 0 Å². The summed E-state index contributed by atoms with van der Waals surface area (Å²) in [7, 11) is 0. The summed E-state index contributed by atoms with van der Waals surface area (Å²) < 4.78 is 0. The van der Waals surface area contributed by atoms with Gasteiger partial charge in [0.2, 0.25) is 0 Å². The quantitative estimate of drug-likeness (QED) is 0.532. The Morgan fingerprint density at radius 2 is 2.27 bits per heavy atom. The zero-order chi connectivity index (χ0) is 11.3. The molecule has 1 aromatic heterocycles. The third-order valence-electron chi connectivity index (χ3n) is 1.86. The molecule has 82 valence electrons. The number of H-pyrrole nitrogens is 1. The van der Waals surface area contributed by atoms with Gasteiger partial charge in [0.05, 0.1) is 0 Å². The molecule has 1 aromatic rings. The van der Waals surface area contributed by atoms with Crippen molar-refractivity contribution in [1.29, 1.82) is 0 Å². The molecule has 6 nitrogen and oxygen atoms in total. The monoisotopic (exact) mass is 212 g/mol. The van der Waals surface area contributed by atoms with Gasteiger partial charge in [0.25, 0.3) is 5.91 Å². The van der Waals surface area contributed by atoms with E-state index in [1.165, 1.54) is 6.07 Å². The van der Waals surface area contributed by atoms with Gasteiger partial charge in [-0.25, -0.2) is 4.79 Å². The molecule has 15 heavy (non-hydrogen) atoms. The molecule has 0 aliphatic heterocycles. The van der Waals surface area contributed by atoms with E-state index < -0.39 is 17.9 Å². The molecule has 1 amide bonds. The number of carboxylic acid groups (broad SMARTS) is 1. The topological polar surface area (TPSA) is 102 Å². The number of nitrogens with one attached hydrogen (secondary N) is 2. The third-order valence-corrected chi connectivity index (χ3v) is 1.86. The maximum absolute atomic E-state index is 11.4. The highest BCUT2D eigenvalue weighted by Gasteiger charge is 2.19. The summed E-state index contributed by atoms with van der Waals surface area (Å²) in [5.41, 5.74) is 0.291. The van der Waals surface area contributed by atoms with E-state index in [1.54, 1.807) is 12.3 Å². The van der Waals surface area contributed by atoms with Gasteiger partial charge in [-0.1, -0.05) is 0 Å². The van der Waals surface area contributed by atoms with E-state index in [9.17, 15) is 9.59 Å². The lowest BCUT2D eigenvalue weighted by atomic mass is 10.2. The Labute approximate surface area is 85.9 Å². The average Bonchev–Trinajstić information content (AvgIpc) is 2.69. The highest BCUT2D eigenvalue weighted by atomic mass is 16.4. The van der Waals surface area contributed by atoms with Crippen molar-refractivity contribution in [2.24, 2.45) is 0 Å². The molecule has 4 N–H and O–H groups in total. The van der Waals surface area contributed by atoms with E-state index in [0.29, 0.717) is 5.69 Å². The lowest BCUT2D eigenvalue weighted by molar-refractivity contribution is -0.139. The fraction of sp³-hybridized carbons (Fsp3) is 0.333. The second-order valence-electron chi connectivity index (χ2n) is 2.96. The van der Waals surface area contributed by atoms with Crippen molar-refractivity contribution in [2.45, 2.75) is 12.5 Å². The largest absolute Gasteiger partial charge is 0.480 e. The fourth-order valence-electron chi connectivity index (χ4n) is 1.09. The van der Waals surface area contributed by atoms with Gasteiger partial charge in [0.1, 0.15) is 11.7 Å². The van der Waals surface area contributed by atoms with Crippen molar-refractivity contribution < 1.29 is 19.8 Å². The number of aromatic amines is 1. The molecule has 0 fully saturated rings. The first-order valence-electron chi connectivity index (χ1n) is 4.43. The number of rotatable bonds is 5. The molecule has 0 aliphatic carbocycles. The Morgan fingerprint density at radius 3 is 2.73 bits per heavy atom. The predicted molar refractivity (Wildman–Crippen MR) is 51.4 cm³/mol. The zero-order valence-electron chi connectivity index (χ0n) is 7.93. The minimum Gasteiger partial charge on any atom is -0.480 e. The SMILES string of the molecule is O=C(N[C@@H](CCO)C(=O)O)c1ccc[nH]1. The summed E-state index contributed by atoms with van der Waals surface area (Å²) in [4.78, 5) is 24.7. The Morgan fingerprint density at radius 1 is 1.53 bits per heavy atom. The van der Waals surface area contributed by atoms with Gasteiger partial charge in [-0.15, -0.1) is 0 Å². The summed E-state index contributed by atoms with van der Waals surface area (Å²) >= 11 is 0. The molecule has 0 saturated carbocycles. The van der Waals surface area contributed by atoms with Crippen LogP contribution in [0, 0.1) is 0 Å². The molecular weight excluding hydrogens is 200 g/mol. The minimum absolute atomic E-state index is 0.0121. The zero-order valence-corrected chi connectivity index (χ0v) is 7.93. The Bertz CT molecular complexity index is 334. The lowest BCUT2D eigenvalue weighted by Crippen LogP contribution is -2.41. The number of amides is 1. The molecule has 0 aliphatic rings. The molecule has 1 heterocycles. The van der Waals surface area contributed by atoms with E-state index in [4.69, 9.17) is 10.2 Å². The van der Waals surface area contributed by atoms with E-state index in [2.05, 4.69) is 10.3 Å². The number of hydrogen-bond acceptors (Lipinski definition) is 3.